The topological polar surface area (TPSA) is 147 Å². The van der Waals surface area contributed by atoms with E-state index >= 15 is 0 Å². The van der Waals surface area contributed by atoms with Crippen molar-refractivity contribution >= 4 is 29.8 Å². The molecule has 0 spiro atoms. The van der Waals surface area contributed by atoms with Crippen LogP contribution in [0.5, 0.6) is 5.75 Å². The molecule has 1 fully saturated rings. The van der Waals surface area contributed by atoms with Gasteiger partial charge in [-0.05, 0) is 59.1 Å². The first kappa shape index (κ1) is 29.7. The molecule has 204 valence electrons. The van der Waals surface area contributed by atoms with Gasteiger partial charge in [0.1, 0.15) is 12.7 Å². The number of hydrogen-bond donors (Lipinski definition) is 1. The molecule has 1 aromatic rings. The van der Waals surface area contributed by atoms with E-state index in [-0.39, 0.29) is 24.3 Å². The monoisotopic (exact) mass is 520 g/mol. The number of cyclic esters (lactones) is 2. The van der Waals surface area contributed by atoms with E-state index in [1.807, 2.05) is 6.92 Å². The van der Waals surface area contributed by atoms with Crippen LogP contribution in [0, 0.1) is 18.3 Å². The molecular weight excluding hydrogens is 484 g/mol. The number of pyridine rings is 1. The third kappa shape index (κ3) is 7.74. The maximum Gasteiger partial charge on any atom is 0.332 e. The van der Waals surface area contributed by atoms with Crippen LogP contribution in [0.2, 0.25) is 0 Å². The summed E-state index contributed by atoms with van der Waals surface area (Å²) in [5.41, 5.74) is -0.559. The second-order valence-corrected chi connectivity index (χ2v) is 9.96. The number of aromatic nitrogens is 1. The molecule has 0 saturated carbocycles. The Kier molecular flexibility index (Phi) is 10.2. The molecule has 4 atom stereocenters. The van der Waals surface area contributed by atoms with Crippen molar-refractivity contribution in [3.63, 3.8) is 0 Å². The zero-order chi connectivity index (χ0) is 27.9. The molecule has 0 aromatic carbocycles. The smallest absolute Gasteiger partial charge is 0.332 e. The molecule has 11 heteroatoms. The summed E-state index contributed by atoms with van der Waals surface area (Å²) in [5, 5.41) is 2.45. The summed E-state index contributed by atoms with van der Waals surface area (Å²) in [4.78, 5) is 67.5. The molecule has 1 aromatic heterocycles. The lowest BCUT2D eigenvalue weighted by molar-refractivity contribution is -0.180. The molecule has 1 amide bonds. The van der Waals surface area contributed by atoms with E-state index in [0.717, 1.165) is 0 Å². The Hall–Kier alpha value is -3.50. The number of amides is 1. The van der Waals surface area contributed by atoms with Gasteiger partial charge in [0.15, 0.2) is 23.6 Å². The molecule has 0 radical (unpaired) electrons. The Labute approximate surface area is 216 Å². The van der Waals surface area contributed by atoms with Gasteiger partial charge in [0, 0.05) is 12.6 Å². The minimum atomic E-state index is -1.38. The van der Waals surface area contributed by atoms with Gasteiger partial charge in [-0.1, -0.05) is 13.8 Å². The molecule has 37 heavy (non-hydrogen) atoms. The molecule has 0 aliphatic carbocycles. The Morgan fingerprint density at radius 2 is 1.84 bits per heavy atom. The molecule has 4 unspecified atom stereocenters. The first-order chi connectivity index (χ1) is 17.3. The standard InChI is InChI=1S/C26H36N2O9/c1-8-10-18(29)36-20-14(3)11-12-27-19(20)22(30)28-17-13-34-23(31)16(9-2)21(15(4)35-24(17)32)37-25(33)26(5,6)7/h11-12,15-17,21H,8-10,13H2,1-7H3,(H,28,30). The van der Waals surface area contributed by atoms with Gasteiger partial charge >= 0.3 is 23.9 Å². The van der Waals surface area contributed by atoms with Crippen LogP contribution >= 0.6 is 0 Å². The van der Waals surface area contributed by atoms with Crippen LogP contribution in [-0.4, -0.2) is 59.6 Å². The van der Waals surface area contributed by atoms with Crippen molar-refractivity contribution in [2.45, 2.75) is 86.0 Å². The van der Waals surface area contributed by atoms with E-state index in [0.29, 0.717) is 12.0 Å². The largest absolute Gasteiger partial charge is 0.463 e. The summed E-state index contributed by atoms with van der Waals surface area (Å²) in [6, 6.07) is 0.197. The van der Waals surface area contributed by atoms with Crippen LogP contribution in [0.15, 0.2) is 12.3 Å². The minimum Gasteiger partial charge on any atom is -0.463 e. The van der Waals surface area contributed by atoms with Crippen LogP contribution in [0.1, 0.15) is 76.9 Å². The van der Waals surface area contributed by atoms with E-state index < -0.39 is 66.0 Å². The second-order valence-electron chi connectivity index (χ2n) is 9.96. The van der Waals surface area contributed by atoms with Gasteiger partial charge in [-0.25, -0.2) is 9.78 Å². The quantitative estimate of drug-likeness (QED) is 0.420. The van der Waals surface area contributed by atoms with E-state index in [4.69, 9.17) is 18.9 Å². The Morgan fingerprint density at radius 3 is 2.43 bits per heavy atom. The summed E-state index contributed by atoms with van der Waals surface area (Å²) in [6.07, 6.45) is 0.256. The number of nitrogens with one attached hydrogen (secondary N) is 1. The fourth-order valence-electron chi connectivity index (χ4n) is 3.54. The highest BCUT2D eigenvalue weighted by Gasteiger charge is 2.42. The average Bonchev–Trinajstić information content (AvgIpc) is 2.84. The molecule has 11 nitrogen and oxygen atoms in total. The van der Waals surface area contributed by atoms with E-state index in [1.54, 1.807) is 40.7 Å². The fourth-order valence-corrected chi connectivity index (χ4v) is 3.54. The maximum absolute atomic E-state index is 13.1. The number of esters is 4. The van der Waals surface area contributed by atoms with Gasteiger partial charge in [-0.2, -0.15) is 0 Å². The lowest BCUT2D eigenvalue weighted by Crippen LogP contribution is -2.47. The van der Waals surface area contributed by atoms with Gasteiger partial charge < -0.3 is 24.3 Å². The summed E-state index contributed by atoms with van der Waals surface area (Å²) < 4.78 is 21.8. The average molecular weight is 521 g/mol. The SMILES string of the molecule is CCCC(=O)Oc1c(C)ccnc1C(=O)NC1COC(=O)C(CC)C(OC(=O)C(C)(C)C)C(C)OC1=O. The molecule has 0 bridgehead atoms. The first-order valence-electron chi connectivity index (χ1n) is 12.3. The lowest BCUT2D eigenvalue weighted by Gasteiger charge is -2.30. The molecular formula is C26H36N2O9. The van der Waals surface area contributed by atoms with E-state index in [1.165, 1.54) is 13.1 Å². The number of rotatable bonds is 7. The summed E-state index contributed by atoms with van der Waals surface area (Å²) in [6.45, 7) is 11.2. The van der Waals surface area contributed by atoms with Gasteiger partial charge in [0.2, 0.25) is 0 Å². The molecule has 1 N–H and O–H groups in total. The third-order valence-electron chi connectivity index (χ3n) is 5.73. The van der Waals surface area contributed by atoms with Gasteiger partial charge in [-0.15, -0.1) is 0 Å². The highest BCUT2D eigenvalue weighted by atomic mass is 16.6. The van der Waals surface area contributed by atoms with E-state index in [2.05, 4.69) is 10.3 Å². The molecule has 1 aliphatic heterocycles. The molecule has 2 heterocycles. The number of carbonyl (C=O) groups excluding carboxylic acids is 5. The maximum atomic E-state index is 13.1. The lowest BCUT2D eigenvalue weighted by atomic mass is 9.93. The normalized spacial score (nSPS) is 22.5. The van der Waals surface area contributed by atoms with Crippen molar-refractivity contribution in [3.05, 3.63) is 23.5 Å². The van der Waals surface area contributed by atoms with Gasteiger partial charge in [0.25, 0.3) is 5.91 Å². The number of carbonyl (C=O) groups is 5. The fraction of sp³-hybridized carbons (Fsp3) is 0.615. The molecule has 1 saturated heterocycles. The first-order valence-corrected chi connectivity index (χ1v) is 12.3. The number of aryl methyl sites for hydroxylation is 1. The van der Waals surface area contributed by atoms with Crippen LogP contribution in [0.25, 0.3) is 0 Å². The third-order valence-corrected chi connectivity index (χ3v) is 5.73. The number of nitrogens with zero attached hydrogens (tertiary/aromatic N) is 1. The van der Waals surface area contributed by atoms with Crippen molar-refractivity contribution in [2.75, 3.05) is 6.61 Å². The van der Waals surface area contributed by atoms with Gasteiger partial charge in [0.05, 0.1) is 11.3 Å². The zero-order valence-corrected chi connectivity index (χ0v) is 22.4. The van der Waals surface area contributed by atoms with Crippen molar-refractivity contribution < 1.29 is 42.9 Å². The Balaban J connectivity index is 2.29. The Morgan fingerprint density at radius 1 is 1.16 bits per heavy atom. The predicted octanol–water partition coefficient (Wildman–Crippen LogP) is 2.67. The van der Waals surface area contributed by atoms with Crippen molar-refractivity contribution in [1.29, 1.82) is 0 Å². The number of ether oxygens (including phenoxy) is 4. The van der Waals surface area contributed by atoms with Crippen molar-refractivity contribution in [3.8, 4) is 5.75 Å². The van der Waals surface area contributed by atoms with Crippen LogP contribution in [0.3, 0.4) is 0 Å². The number of hydrogen-bond acceptors (Lipinski definition) is 10. The van der Waals surface area contributed by atoms with Crippen LogP contribution < -0.4 is 10.1 Å². The Bertz CT molecular complexity index is 1030. The minimum absolute atomic E-state index is 0.0274. The zero-order valence-electron chi connectivity index (χ0n) is 22.4. The second kappa shape index (κ2) is 12.6. The highest BCUT2D eigenvalue weighted by Crippen LogP contribution is 2.26. The predicted molar refractivity (Wildman–Crippen MR) is 130 cm³/mol. The van der Waals surface area contributed by atoms with E-state index in [9.17, 15) is 24.0 Å². The van der Waals surface area contributed by atoms with Crippen molar-refractivity contribution in [1.82, 2.24) is 10.3 Å². The molecule has 2 rings (SSSR count). The van der Waals surface area contributed by atoms with Gasteiger partial charge in [-0.3, -0.25) is 19.2 Å². The van der Waals surface area contributed by atoms with Crippen LogP contribution in [-0.2, 0) is 33.4 Å². The highest BCUT2D eigenvalue weighted by molar-refractivity contribution is 5.98. The molecule has 1 aliphatic rings. The van der Waals surface area contributed by atoms with Crippen LogP contribution in [0.4, 0.5) is 0 Å². The summed E-state index contributed by atoms with van der Waals surface area (Å²) in [5.74, 6) is -4.41. The van der Waals surface area contributed by atoms with Crippen molar-refractivity contribution in [2.24, 2.45) is 11.3 Å². The summed E-state index contributed by atoms with van der Waals surface area (Å²) in [7, 11) is 0. The summed E-state index contributed by atoms with van der Waals surface area (Å²) >= 11 is 0.